The fourth-order valence-corrected chi connectivity index (χ4v) is 3.16. The van der Waals surface area contributed by atoms with E-state index in [-0.39, 0.29) is 11.3 Å². The van der Waals surface area contributed by atoms with Crippen molar-refractivity contribution in [1.82, 2.24) is 9.78 Å². The van der Waals surface area contributed by atoms with Crippen LogP contribution in [0.3, 0.4) is 0 Å². The maximum absolute atomic E-state index is 12.8. The lowest BCUT2D eigenvalue weighted by Crippen LogP contribution is -2.15. The van der Waals surface area contributed by atoms with Crippen molar-refractivity contribution in [2.24, 2.45) is 0 Å². The minimum Gasteiger partial charge on any atom is -0.497 e. The standard InChI is InChI=1S/C21H21Cl2N3O2/c1-21(2,3)18-12-19(24-20(27)13-9-14(22)11-15(23)10-13)26(25-18)16-5-7-17(28-4)8-6-16/h5-12H,1-4H3,(H,24,27). The van der Waals surface area contributed by atoms with Gasteiger partial charge in [-0.05, 0) is 42.5 Å². The maximum Gasteiger partial charge on any atom is 0.256 e. The Morgan fingerprint density at radius 1 is 1.04 bits per heavy atom. The molecule has 0 bridgehead atoms. The molecule has 0 saturated carbocycles. The van der Waals surface area contributed by atoms with Gasteiger partial charge in [-0.25, -0.2) is 4.68 Å². The van der Waals surface area contributed by atoms with E-state index in [2.05, 4.69) is 26.1 Å². The Balaban J connectivity index is 2.00. The lowest BCUT2D eigenvalue weighted by Gasteiger charge is -2.14. The molecule has 1 heterocycles. The highest BCUT2D eigenvalue weighted by Gasteiger charge is 2.22. The number of nitrogens with zero attached hydrogens (tertiary/aromatic N) is 2. The molecule has 5 nitrogen and oxygen atoms in total. The first-order valence-electron chi connectivity index (χ1n) is 8.70. The minimum atomic E-state index is -0.320. The number of anilines is 1. The molecular weight excluding hydrogens is 397 g/mol. The van der Waals surface area contributed by atoms with Gasteiger partial charge < -0.3 is 10.1 Å². The van der Waals surface area contributed by atoms with Crippen LogP contribution in [0.25, 0.3) is 5.69 Å². The molecule has 1 amide bonds. The Hall–Kier alpha value is -2.50. The number of carbonyl (C=O) groups excluding carboxylic acids is 1. The highest BCUT2D eigenvalue weighted by molar-refractivity contribution is 6.35. The van der Waals surface area contributed by atoms with Crippen molar-refractivity contribution in [1.29, 1.82) is 0 Å². The average molecular weight is 418 g/mol. The zero-order valence-electron chi connectivity index (χ0n) is 16.1. The van der Waals surface area contributed by atoms with E-state index in [1.165, 1.54) is 0 Å². The van der Waals surface area contributed by atoms with Crippen molar-refractivity contribution in [3.8, 4) is 11.4 Å². The molecule has 0 aliphatic heterocycles. The number of aromatic nitrogens is 2. The largest absolute Gasteiger partial charge is 0.497 e. The quantitative estimate of drug-likeness (QED) is 0.588. The van der Waals surface area contributed by atoms with Gasteiger partial charge in [-0.1, -0.05) is 44.0 Å². The molecule has 0 radical (unpaired) electrons. The SMILES string of the molecule is COc1ccc(-n2nc(C(C)(C)C)cc2NC(=O)c2cc(Cl)cc(Cl)c2)cc1. The molecule has 3 aromatic rings. The van der Waals surface area contributed by atoms with Gasteiger partial charge in [-0.2, -0.15) is 5.10 Å². The molecule has 7 heteroatoms. The van der Waals surface area contributed by atoms with Gasteiger partial charge in [-0.3, -0.25) is 4.79 Å². The van der Waals surface area contributed by atoms with Crippen LogP contribution in [0.15, 0.2) is 48.5 Å². The van der Waals surface area contributed by atoms with Gasteiger partial charge in [0.25, 0.3) is 5.91 Å². The van der Waals surface area contributed by atoms with Gasteiger partial charge in [0.15, 0.2) is 0 Å². The zero-order chi connectivity index (χ0) is 20.5. The molecule has 0 aliphatic carbocycles. The van der Waals surface area contributed by atoms with Crippen LogP contribution >= 0.6 is 23.2 Å². The van der Waals surface area contributed by atoms with Crippen LogP contribution < -0.4 is 10.1 Å². The summed E-state index contributed by atoms with van der Waals surface area (Å²) in [7, 11) is 1.61. The second kappa shape index (κ2) is 7.86. The predicted octanol–water partition coefficient (Wildman–Crippen LogP) is 5.74. The zero-order valence-corrected chi connectivity index (χ0v) is 17.6. The van der Waals surface area contributed by atoms with Gasteiger partial charge in [0.05, 0.1) is 18.5 Å². The maximum atomic E-state index is 12.8. The Kier molecular flexibility index (Phi) is 5.68. The van der Waals surface area contributed by atoms with Crippen molar-refractivity contribution < 1.29 is 9.53 Å². The second-order valence-electron chi connectivity index (χ2n) is 7.39. The molecule has 2 aromatic carbocycles. The van der Waals surface area contributed by atoms with Gasteiger partial charge in [-0.15, -0.1) is 0 Å². The van der Waals surface area contributed by atoms with Crippen LogP contribution in [-0.4, -0.2) is 22.8 Å². The molecule has 1 aromatic heterocycles. The Labute approximate surface area is 174 Å². The number of benzene rings is 2. The number of halogens is 2. The van der Waals surface area contributed by atoms with E-state index in [9.17, 15) is 4.79 Å². The lowest BCUT2D eigenvalue weighted by molar-refractivity contribution is 0.102. The molecule has 0 aliphatic rings. The van der Waals surface area contributed by atoms with E-state index < -0.39 is 0 Å². The summed E-state index contributed by atoms with van der Waals surface area (Å²) in [6, 6.07) is 14.0. The van der Waals surface area contributed by atoms with Gasteiger partial charge in [0.1, 0.15) is 11.6 Å². The minimum absolute atomic E-state index is 0.184. The summed E-state index contributed by atoms with van der Waals surface area (Å²) in [6.45, 7) is 6.20. The number of rotatable bonds is 4. The van der Waals surface area contributed by atoms with Crippen molar-refractivity contribution in [3.63, 3.8) is 0 Å². The van der Waals surface area contributed by atoms with Crippen molar-refractivity contribution >= 4 is 34.9 Å². The van der Waals surface area contributed by atoms with Crippen molar-refractivity contribution in [3.05, 3.63) is 69.8 Å². The monoisotopic (exact) mass is 417 g/mol. The van der Waals surface area contributed by atoms with E-state index in [0.29, 0.717) is 21.4 Å². The van der Waals surface area contributed by atoms with Crippen LogP contribution in [0, 0.1) is 0 Å². The fourth-order valence-electron chi connectivity index (χ4n) is 2.63. The molecule has 3 rings (SSSR count). The van der Waals surface area contributed by atoms with E-state index >= 15 is 0 Å². The van der Waals surface area contributed by atoms with Crippen LogP contribution in [0.1, 0.15) is 36.8 Å². The van der Waals surface area contributed by atoms with E-state index in [1.807, 2.05) is 30.3 Å². The highest BCUT2D eigenvalue weighted by Crippen LogP contribution is 2.28. The molecule has 0 fully saturated rings. The first kappa shape index (κ1) is 20.2. The Bertz CT molecular complexity index is 985. The van der Waals surface area contributed by atoms with Gasteiger partial charge in [0.2, 0.25) is 0 Å². The number of nitrogens with one attached hydrogen (secondary N) is 1. The number of methoxy groups -OCH3 is 1. The molecule has 1 N–H and O–H groups in total. The van der Waals surface area contributed by atoms with Crippen LogP contribution in [0.2, 0.25) is 10.0 Å². The average Bonchev–Trinajstić information content (AvgIpc) is 3.05. The van der Waals surface area contributed by atoms with Crippen LogP contribution in [0.4, 0.5) is 5.82 Å². The number of carbonyl (C=O) groups is 1. The number of hydrogen-bond acceptors (Lipinski definition) is 3. The van der Waals surface area contributed by atoms with Crippen molar-refractivity contribution in [2.45, 2.75) is 26.2 Å². The first-order chi connectivity index (χ1) is 13.2. The Morgan fingerprint density at radius 2 is 1.64 bits per heavy atom. The molecule has 28 heavy (non-hydrogen) atoms. The van der Waals surface area contributed by atoms with E-state index in [1.54, 1.807) is 30.0 Å². The number of hydrogen-bond donors (Lipinski definition) is 1. The smallest absolute Gasteiger partial charge is 0.256 e. The third kappa shape index (κ3) is 4.49. The summed E-state index contributed by atoms with van der Waals surface area (Å²) in [5, 5.41) is 8.41. The second-order valence-corrected chi connectivity index (χ2v) is 8.26. The number of ether oxygens (including phenoxy) is 1. The number of amides is 1. The molecule has 146 valence electrons. The summed E-state index contributed by atoms with van der Waals surface area (Å²) in [4.78, 5) is 12.8. The summed E-state index contributed by atoms with van der Waals surface area (Å²) < 4.78 is 6.91. The summed E-state index contributed by atoms with van der Waals surface area (Å²) in [6.07, 6.45) is 0. The van der Waals surface area contributed by atoms with Gasteiger partial charge >= 0.3 is 0 Å². The van der Waals surface area contributed by atoms with E-state index in [0.717, 1.165) is 17.1 Å². The Morgan fingerprint density at radius 3 is 2.18 bits per heavy atom. The molecule has 0 spiro atoms. The third-order valence-corrected chi connectivity index (χ3v) is 4.60. The van der Waals surface area contributed by atoms with Crippen molar-refractivity contribution in [2.75, 3.05) is 12.4 Å². The van der Waals surface area contributed by atoms with E-state index in [4.69, 9.17) is 33.0 Å². The highest BCUT2D eigenvalue weighted by atomic mass is 35.5. The summed E-state index contributed by atoms with van der Waals surface area (Å²) in [5.74, 6) is 0.974. The summed E-state index contributed by atoms with van der Waals surface area (Å²) in [5.41, 5.74) is 1.84. The third-order valence-electron chi connectivity index (χ3n) is 4.16. The van der Waals surface area contributed by atoms with Gasteiger partial charge in [0, 0.05) is 27.1 Å². The molecule has 0 atom stereocenters. The van der Waals surface area contributed by atoms with Crippen LogP contribution in [-0.2, 0) is 5.41 Å². The first-order valence-corrected chi connectivity index (χ1v) is 9.45. The molecular formula is C21H21Cl2N3O2. The normalized spacial score (nSPS) is 11.4. The summed E-state index contributed by atoms with van der Waals surface area (Å²) >= 11 is 12.0. The molecule has 0 unspecified atom stereocenters. The van der Waals surface area contributed by atoms with Crippen LogP contribution in [0.5, 0.6) is 5.75 Å². The lowest BCUT2D eigenvalue weighted by atomic mass is 9.92. The topological polar surface area (TPSA) is 56.1 Å². The molecule has 0 saturated heterocycles. The predicted molar refractivity (Wildman–Crippen MR) is 113 cm³/mol. The fraction of sp³-hybridized carbons (Fsp3) is 0.238.